The van der Waals surface area contributed by atoms with Crippen molar-refractivity contribution in [3.05, 3.63) is 50.5 Å². The predicted molar refractivity (Wildman–Crippen MR) is 112 cm³/mol. The molecule has 0 fully saturated rings. The Kier molecular flexibility index (Phi) is 6.39. The van der Waals surface area contributed by atoms with Crippen molar-refractivity contribution < 1.29 is 24.2 Å². The van der Waals surface area contributed by atoms with Gasteiger partial charge < -0.3 is 15.6 Å². The third-order valence-corrected chi connectivity index (χ3v) is 5.97. The highest BCUT2D eigenvalue weighted by Gasteiger charge is 2.42. The number of hydrogen-bond donors (Lipinski definition) is 2. The van der Waals surface area contributed by atoms with Gasteiger partial charge in [0.1, 0.15) is 6.10 Å². The lowest BCUT2D eigenvalue weighted by Gasteiger charge is -2.36. The average Bonchev–Trinajstić information content (AvgIpc) is 2.65. The monoisotopic (exact) mass is 461 g/mol. The number of allylic oxidation sites excluding steroid dienone is 1. The molecule has 0 aromatic heterocycles. The van der Waals surface area contributed by atoms with Crippen LogP contribution in [0.2, 0.25) is 0 Å². The molecule has 0 heterocycles. The first-order chi connectivity index (χ1) is 13.8. The normalized spacial score (nSPS) is 21.0. The van der Waals surface area contributed by atoms with E-state index in [4.69, 9.17) is 10.5 Å². The molecule has 7 heteroatoms. The number of aliphatic hydroxyl groups excluding tert-OH is 1. The van der Waals surface area contributed by atoms with Crippen LogP contribution >= 0.6 is 15.9 Å². The summed E-state index contributed by atoms with van der Waals surface area (Å²) in [5.74, 6) is -1.38. The first kappa shape index (κ1) is 21.5. The Morgan fingerprint density at radius 1 is 1.31 bits per heavy atom. The lowest BCUT2D eigenvalue weighted by Crippen LogP contribution is -2.36. The quantitative estimate of drug-likeness (QED) is 0.631. The van der Waals surface area contributed by atoms with Crippen LogP contribution in [0.25, 0.3) is 5.57 Å². The molecule has 0 aliphatic heterocycles. The summed E-state index contributed by atoms with van der Waals surface area (Å²) < 4.78 is 6.05. The van der Waals surface area contributed by atoms with Crippen LogP contribution in [0, 0.1) is 5.92 Å². The zero-order chi connectivity index (χ0) is 21.3. The van der Waals surface area contributed by atoms with Crippen molar-refractivity contribution in [2.45, 2.75) is 45.6 Å². The predicted octanol–water partition coefficient (Wildman–Crippen LogP) is 3.32. The third kappa shape index (κ3) is 4.07. The topological polar surface area (TPSA) is 107 Å². The molecule has 3 N–H and O–H groups in total. The molecule has 0 radical (unpaired) electrons. The number of rotatable bonds is 6. The van der Waals surface area contributed by atoms with Crippen molar-refractivity contribution in [1.82, 2.24) is 0 Å². The number of hydrogen-bond acceptors (Lipinski definition) is 5. The molecule has 2 aliphatic carbocycles. The molecule has 2 unspecified atom stereocenters. The van der Waals surface area contributed by atoms with E-state index >= 15 is 0 Å². The van der Waals surface area contributed by atoms with Crippen LogP contribution in [0.1, 0.15) is 55.5 Å². The number of aliphatic hydroxyl groups is 1. The fourth-order valence-electron chi connectivity index (χ4n) is 4.28. The van der Waals surface area contributed by atoms with Crippen LogP contribution in [0.15, 0.2) is 39.4 Å². The molecule has 0 bridgehead atoms. The Labute approximate surface area is 177 Å². The Balaban J connectivity index is 2.18. The standard InChI is InChI=1S/C22H24BrNO5/c1-3-29-22(28)17-11(2)9-12(5-4-6-16(24)25)18-19(17)15-10-13(23)7-8-14(15)20(26)21(18)27/h7-8,10,12,21,27H,3-6,9H2,1-2H3,(H2,24,25). The first-order valence-electron chi connectivity index (χ1n) is 9.68. The molecule has 154 valence electrons. The van der Waals surface area contributed by atoms with E-state index < -0.39 is 12.1 Å². The Morgan fingerprint density at radius 2 is 2.03 bits per heavy atom. The number of ketones is 1. The van der Waals surface area contributed by atoms with Gasteiger partial charge in [-0.3, -0.25) is 9.59 Å². The second-order valence-corrected chi connectivity index (χ2v) is 8.34. The largest absolute Gasteiger partial charge is 0.462 e. The van der Waals surface area contributed by atoms with E-state index in [-0.39, 0.29) is 30.6 Å². The summed E-state index contributed by atoms with van der Waals surface area (Å²) >= 11 is 3.44. The fraction of sp³-hybridized carbons (Fsp3) is 0.409. The molecular weight excluding hydrogens is 438 g/mol. The average molecular weight is 462 g/mol. The van der Waals surface area contributed by atoms with E-state index in [2.05, 4.69) is 15.9 Å². The van der Waals surface area contributed by atoms with Crippen LogP contribution in [0.4, 0.5) is 0 Å². The molecule has 1 amide bonds. The smallest absolute Gasteiger partial charge is 0.338 e. The van der Waals surface area contributed by atoms with Crippen molar-refractivity contribution in [3.8, 4) is 0 Å². The third-order valence-electron chi connectivity index (χ3n) is 5.47. The van der Waals surface area contributed by atoms with Gasteiger partial charge >= 0.3 is 5.97 Å². The summed E-state index contributed by atoms with van der Waals surface area (Å²) in [6.07, 6.45) is 0.557. The second kappa shape index (κ2) is 8.63. The molecule has 29 heavy (non-hydrogen) atoms. The Hall–Kier alpha value is -2.25. The van der Waals surface area contributed by atoms with Crippen molar-refractivity contribution in [3.63, 3.8) is 0 Å². The maximum atomic E-state index is 12.9. The van der Waals surface area contributed by atoms with Gasteiger partial charge in [0.25, 0.3) is 0 Å². The van der Waals surface area contributed by atoms with Gasteiger partial charge in [0.15, 0.2) is 5.78 Å². The zero-order valence-corrected chi connectivity index (χ0v) is 18.0. The molecule has 6 nitrogen and oxygen atoms in total. The number of primary amides is 1. The maximum Gasteiger partial charge on any atom is 0.338 e. The van der Waals surface area contributed by atoms with Crippen LogP contribution < -0.4 is 5.73 Å². The SMILES string of the molecule is CCOC(=O)C1=C(C)CC(CCCC(N)=O)C2=C1c1cc(Br)ccc1C(=O)C2O. The zero-order valence-electron chi connectivity index (χ0n) is 16.5. The molecule has 2 atom stereocenters. The van der Waals surface area contributed by atoms with Gasteiger partial charge in [-0.25, -0.2) is 4.79 Å². The minimum Gasteiger partial charge on any atom is -0.462 e. The summed E-state index contributed by atoms with van der Waals surface area (Å²) in [5.41, 5.74) is 8.65. The molecule has 0 spiro atoms. The van der Waals surface area contributed by atoms with Crippen molar-refractivity contribution >= 4 is 39.2 Å². The van der Waals surface area contributed by atoms with Crippen LogP contribution in [-0.2, 0) is 14.3 Å². The van der Waals surface area contributed by atoms with E-state index in [1.807, 2.05) is 6.92 Å². The van der Waals surface area contributed by atoms with Crippen molar-refractivity contribution in [2.24, 2.45) is 11.7 Å². The highest BCUT2D eigenvalue weighted by atomic mass is 79.9. The number of nitrogens with two attached hydrogens (primary N) is 1. The van der Waals surface area contributed by atoms with Crippen LogP contribution in [0.5, 0.6) is 0 Å². The molecule has 3 rings (SSSR count). The molecule has 1 aromatic carbocycles. The highest BCUT2D eigenvalue weighted by molar-refractivity contribution is 9.10. The summed E-state index contributed by atoms with van der Waals surface area (Å²) in [4.78, 5) is 36.8. The molecule has 0 saturated heterocycles. The van der Waals surface area contributed by atoms with Crippen molar-refractivity contribution in [1.29, 1.82) is 0 Å². The second-order valence-electron chi connectivity index (χ2n) is 7.42. The van der Waals surface area contributed by atoms with E-state index in [1.54, 1.807) is 25.1 Å². The number of halogens is 1. The lowest BCUT2D eigenvalue weighted by atomic mass is 9.68. The van der Waals surface area contributed by atoms with Gasteiger partial charge in [-0.2, -0.15) is 0 Å². The van der Waals surface area contributed by atoms with Crippen LogP contribution in [-0.4, -0.2) is 35.5 Å². The Morgan fingerprint density at radius 3 is 2.69 bits per heavy atom. The van der Waals surface area contributed by atoms with Crippen LogP contribution in [0.3, 0.4) is 0 Å². The van der Waals surface area contributed by atoms with Crippen molar-refractivity contribution in [2.75, 3.05) is 6.61 Å². The number of benzene rings is 1. The Bertz CT molecular complexity index is 947. The summed E-state index contributed by atoms with van der Waals surface area (Å²) in [7, 11) is 0. The number of carbonyl (C=O) groups is 3. The lowest BCUT2D eigenvalue weighted by molar-refractivity contribution is -0.138. The van der Waals surface area contributed by atoms with E-state index in [0.717, 1.165) is 10.0 Å². The number of fused-ring (bicyclic) bond motifs is 2. The molecule has 0 saturated carbocycles. The molecule has 2 aliphatic rings. The maximum absolute atomic E-state index is 12.9. The van der Waals surface area contributed by atoms with E-state index in [0.29, 0.717) is 47.1 Å². The number of carbonyl (C=O) groups excluding carboxylic acids is 3. The number of esters is 1. The minimum absolute atomic E-state index is 0.159. The minimum atomic E-state index is -1.32. The summed E-state index contributed by atoms with van der Waals surface area (Å²) in [6.45, 7) is 3.84. The number of amides is 1. The first-order valence-corrected chi connectivity index (χ1v) is 10.5. The molecule has 1 aromatic rings. The van der Waals surface area contributed by atoms with Gasteiger partial charge in [0.05, 0.1) is 12.2 Å². The number of ether oxygens (including phenoxy) is 1. The highest BCUT2D eigenvalue weighted by Crippen LogP contribution is 2.48. The van der Waals surface area contributed by atoms with Gasteiger partial charge in [0, 0.05) is 16.5 Å². The van der Waals surface area contributed by atoms with Gasteiger partial charge in [-0.1, -0.05) is 21.5 Å². The van der Waals surface area contributed by atoms with Gasteiger partial charge in [0.2, 0.25) is 5.91 Å². The number of Topliss-reactive ketones (excluding diaryl/α,β-unsaturated/α-hetero) is 1. The fourth-order valence-corrected chi connectivity index (χ4v) is 4.64. The summed E-state index contributed by atoms with van der Waals surface area (Å²) in [6, 6.07) is 5.19. The van der Waals surface area contributed by atoms with Gasteiger partial charge in [-0.15, -0.1) is 0 Å². The summed E-state index contributed by atoms with van der Waals surface area (Å²) in [5, 5.41) is 10.9. The molecular formula is C22H24BrNO5. The van der Waals surface area contributed by atoms with Gasteiger partial charge in [-0.05, 0) is 73.9 Å². The van der Waals surface area contributed by atoms with E-state index in [1.165, 1.54) is 0 Å². The van der Waals surface area contributed by atoms with E-state index in [9.17, 15) is 19.5 Å².